The fourth-order valence-corrected chi connectivity index (χ4v) is 1.84. The summed E-state index contributed by atoms with van der Waals surface area (Å²) in [4.78, 5) is 24.4. The van der Waals surface area contributed by atoms with Crippen LogP contribution in [0, 0.1) is 6.92 Å². The Balaban J connectivity index is 2.40. The molecule has 0 aliphatic rings. The van der Waals surface area contributed by atoms with E-state index in [9.17, 15) is 9.59 Å². The first-order chi connectivity index (χ1) is 9.13. The molecule has 0 aliphatic heterocycles. The highest BCUT2D eigenvalue weighted by Crippen LogP contribution is 2.21. The first-order valence-corrected chi connectivity index (χ1v) is 5.92. The molecule has 0 amide bonds. The van der Waals surface area contributed by atoms with Crippen molar-refractivity contribution in [2.24, 2.45) is 0 Å². The van der Waals surface area contributed by atoms with E-state index < -0.39 is 11.6 Å². The molecule has 0 N–H and O–H groups in total. The molecule has 0 fully saturated rings. The van der Waals surface area contributed by atoms with Crippen LogP contribution in [0.4, 0.5) is 0 Å². The van der Waals surface area contributed by atoms with Gasteiger partial charge in [0, 0.05) is 5.56 Å². The number of Topliss-reactive ketones (excluding diaryl/α,β-unsaturated/α-hetero) is 2. The smallest absolute Gasteiger partial charge is 0.237 e. The molecule has 3 heteroatoms. The summed E-state index contributed by atoms with van der Waals surface area (Å²) in [6.07, 6.45) is 0. The Bertz CT molecular complexity index is 615. The van der Waals surface area contributed by atoms with Gasteiger partial charge in [-0.2, -0.15) is 0 Å². The summed E-state index contributed by atoms with van der Waals surface area (Å²) in [5.41, 5.74) is 1.59. The Kier molecular flexibility index (Phi) is 3.76. The first kappa shape index (κ1) is 13.0. The minimum absolute atomic E-state index is 0.302. The van der Waals surface area contributed by atoms with Gasteiger partial charge in [0.05, 0.1) is 12.7 Å². The van der Waals surface area contributed by atoms with E-state index in [1.807, 2.05) is 13.0 Å². The zero-order chi connectivity index (χ0) is 13.8. The summed E-state index contributed by atoms with van der Waals surface area (Å²) < 4.78 is 5.13. The second-order valence-corrected chi connectivity index (χ2v) is 4.23. The molecular weight excluding hydrogens is 240 g/mol. The van der Waals surface area contributed by atoms with Crippen LogP contribution in [-0.2, 0) is 0 Å². The molecule has 0 saturated heterocycles. The minimum atomic E-state index is -0.549. The van der Waals surface area contributed by atoms with Gasteiger partial charge in [-0.05, 0) is 19.1 Å². The van der Waals surface area contributed by atoms with Gasteiger partial charge in [0.1, 0.15) is 5.75 Å². The quantitative estimate of drug-likeness (QED) is 0.622. The molecule has 19 heavy (non-hydrogen) atoms. The van der Waals surface area contributed by atoms with Crippen LogP contribution >= 0.6 is 0 Å². The first-order valence-electron chi connectivity index (χ1n) is 5.92. The van der Waals surface area contributed by atoms with Crippen molar-refractivity contribution < 1.29 is 14.3 Å². The number of ether oxygens (including phenoxy) is 1. The van der Waals surface area contributed by atoms with E-state index in [1.165, 1.54) is 7.11 Å². The lowest BCUT2D eigenvalue weighted by molar-refractivity contribution is 0.0815. The summed E-state index contributed by atoms with van der Waals surface area (Å²) in [5.74, 6) is -0.656. The van der Waals surface area contributed by atoms with Crippen molar-refractivity contribution in [3.63, 3.8) is 0 Å². The Morgan fingerprint density at radius 2 is 1.63 bits per heavy atom. The second kappa shape index (κ2) is 5.48. The predicted molar refractivity (Wildman–Crippen MR) is 72.8 cm³/mol. The Labute approximate surface area is 111 Å². The summed E-state index contributed by atoms with van der Waals surface area (Å²) in [7, 11) is 1.48. The minimum Gasteiger partial charge on any atom is -0.496 e. The molecule has 0 aromatic heterocycles. The zero-order valence-corrected chi connectivity index (χ0v) is 10.8. The maximum atomic E-state index is 12.2. The van der Waals surface area contributed by atoms with E-state index in [2.05, 4.69) is 0 Å². The molecule has 3 nitrogen and oxygen atoms in total. The molecule has 0 saturated carbocycles. The lowest BCUT2D eigenvalue weighted by Crippen LogP contribution is -2.15. The highest BCUT2D eigenvalue weighted by molar-refractivity contribution is 6.49. The largest absolute Gasteiger partial charge is 0.496 e. The summed E-state index contributed by atoms with van der Waals surface area (Å²) in [6, 6.07) is 13.7. The van der Waals surface area contributed by atoms with Crippen molar-refractivity contribution in [3.8, 4) is 5.75 Å². The van der Waals surface area contributed by atoms with Gasteiger partial charge in [-0.1, -0.05) is 42.0 Å². The van der Waals surface area contributed by atoms with E-state index in [4.69, 9.17) is 4.74 Å². The summed E-state index contributed by atoms with van der Waals surface area (Å²) in [6.45, 7) is 1.86. The van der Waals surface area contributed by atoms with Crippen molar-refractivity contribution in [3.05, 3.63) is 65.2 Å². The maximum absolute atomic E-state index is 12.2. The van der Waals surface area contributed by atoms with Crippen molar-refractivity contribution >= 4 is 11.6 Å². The third kappa shape index (κ3) is 2.71. The molecular formula is C16H14O3. The molecule has 96 valence electrons. The SMILES string of the molecule is COc1ccc(C)cc1C(=O)C(=O)c1ccccc1. The number of carbonyl (C=O) groups is 2. The third-order valence-electron chi connectivity index (χ3n) is 2.84. The van der Waals surface area contributed by atoms with Crippen molar-refractivity contribution in [1.82, 2.24) is 0 Å². The summed E-state index contributed by atoms with van der Waals surface area (Å²) >= 11 is 0. The highest BCUT2D eigenvalue weighted by atomic mass is 16.5. The number of ketones is 2. The average Bonchev–Trinajstić information content (AvgIpc) is 2.46. The third-order valence-corrected chi connectivity index (χ3v) is 2.84. The van der Waals surface area contributed by atoms with E-state index in [-0.39, 0.29) is 0 Å². The summed E-state index contributed by atoms with van der Waals surface area (Å²) in [5, 5.41) is 0. The number of hydrogen-bond acceptors (Lipinski definition) is 3. The zero-order valence-electron chi connectivity index (χ0n) is 10.8. The van der Waals surface area contributed by atoms with Gasteiger partial charge in [0.25, 0.3) is 0 Å². The average molecular weight is 254 g/mol. The fourth-order valence-electron chi connectivity index (χ4n) is 1.84. The Hall–Kier alpha value is -2.42. The number of carbonyl (C=O) groups excluding carboxylic acids is 2. The molecule has 0 heterocycles. The molecule has 0 radical (unpaired) electrons. The molecule has 0 aliphatic carbocycles. The standard InChI is InChI=1S/C16H14O3/c1-11-8-9-14(19-2)13(10-11)16(18)15(17)12-6-4-3-5-7-12/h3-10H,1-2H3. The monoisotopic (exact) mass is 254 g/mol. The van der Waals surface area contributed by atoms with Crippen molar-refractivity contribution in [2.45, 2.75) is 6.92 Å². The van der Waals surface area contributed by atoms with Crippen LogP contribution in [-0.4, -0.2) is 18.7 Å². The normalized spacial score (nSPS) is 10.0. The number of hydrogen-bond donors (Lipinski definition) is 0. The predicted octanol–water partition coefficient (Wildman–Crippen LogP) is 3.07. The van der Waals surface area contributed by atoms with Crippen molar-refractivity contribution in [1.29, 1.82) is 0 Å². The molecule has 0 unspecified atom stereocenters. The second-order valence-electron chi connectivity index (χ2n) is 4.23. The van der Waals surface area contributed by atoms with Gasteiger partial charge in [-0.15, -0.1) is 0 Å². The molecule has 2 rings (SSSR count). The van der Waals surface area contributed by atoms with E-state index in [1.54, 1.807) is 42.5 Å². The lowest BCUT2D eigenvalue weighted by Gasteiger charge is -2.08. The van der Waals surface area contributed by atoms with Crippen LogP contribution in [0.5, 0.6) is 5.75 Å². The lowest BCUT2D eigenvalue weighted by atomic mass is 9.99. The van der Waals surface area contributed by atoms with Gasteiger partial charge in [0.2, 0.25) is 11.6 Å². The topological polar surface area (TPSA) is 43.4 Å². The molecule has 0 atom stereocenters. The van der Waals surface area contributed by atoms with E-state index in [0.717, 1.165) is 5.56 Å². The van der Waals surface area contributed by atoms with E-state index in [0.29, 0.717) is 16.9 Å². The van der Waals surface area contributed by atoms with E-state index >= 15 is 0 Å². The van der Waals surface area contributed by atoms with Gasteiger partial charge in [0.15, 0.2) is 0 Å². The Morgan fingerprint density at radius 1 is 0.947 bits per heavy atom. The van der Waals surface area contributed by atoms with Crippen LogP contribution < -0.4 is 4.74 Å². The van der Waals surface area contributed by atoms with Crippen LogP contribution in [0.2, 0.25) is 0 Å². The van der Waals surface area contributed by atoms with Gasteiger partial charge in [-0.3, -0.25) is 9.59 Å². The number of aryl methyl sites for hydroxylation is 1. The fraction of sp³-hybridized carbons (Fsp3) is 0.125. The Morgan fingerprint density at radius 3 is 2.26 bits per heavy atom. The van der Waals surface area contributed by atoms with Crippen LogP contribution in [0.3, 0.4) is 0 Å². The van der Waals surface area contributed by atoms with Crippen LogP contribution in [0.1, 0.15) is 26.3 Å². The highest BCUT2D eigenvalue weighted by Gasteiger charge is 2.21. The molecule has 2 aromatic rings. The number of benzene rings is 2. The van der Waals surface area contributed by atoms with Crippen molar-refractivity contribution in [2.75, 3.05) is 7.11 Å². The molecule has 0 spiro atoms. The van der Waals surface area contributed by atoms with Gasteiger partial charge < -0.3 is 4.74 Å². The maximum Gasteiger partial charge on any atom is 0.237 e. The van der Waals surface area contributed by atoms with Gasteiger partial charge in [-0.25, -0.2) is 0 Å². The van der Waals surface area contributed by atoms with Crippen LogP contribution in [0.15, 0.2) is 48.5 Å². The number of rotatable bonds is 4. The number of methoxy groups -OCH3 is 1. The van der Waals surface area contributed by atoms with Crippen LogP contribution in [0.25, 0.3) is 0 Å². The molecule has 2 aromatic carbocycles. The molecule has 0 bridgehead atoms. The van der Waals surface area contributed by atoms with Gasteiger partial charge >= 0.3 is 0 Å².